The lowest BCUT2D eigenvalue weighted by Gasteiger charge is -2.26. The molecule has 2 amide bonds. The van der Waals surface area contributed by atoms with Gasteiger partial charge in [-0.2, -0.15) is 0 Å². The minimum absolute atomic E-state index is 0.0785. The molecule has 0 aliphatic carbocycles. The highest BCUT2D eigenvalue weighted by Gasteiger charge is 2.30. The summed E-state index contributed by atoms with van der Waals surface area (Å²) in [5.41, 5.74) is 2.67. The topological polar surface area (TPSA) is 89.2 Å². The Morgan fingerprint density at radius 3 is 2.57 bits per heavy atom. The van der Waals surface area contributed by atoms with Crippen LogP contribution >= 0.6 is 0 Å². The van der Waals surface area contributed by atoms with Gasteiger partial charge < -0.3 is 10.2 Å². The van der Waals surface area contributed by atoms with Crippen LogP contribution in [0.4, 0.5) is 0 Å². The van der Waals surface area contributed by atoms with Crippen molar-refractivity contribution in [2.75, 3.05) is 6.54 Å². The van der Waals surface area contributed by atoms with E-state index in [1.165, 1.54) is 4.57 Å². The van der Waals surface area contributed by atoms with Crippen LogP contribution < -0.4 is 11.0 Å². The zero-order valence-electron chi connectivity index (χ0n) is 16.7. The molecule has 1 N–H and O–H groups in total. The second-order valence-electron chi connectivity index (χ2n) is 7.39. The van der Waals surface area contributed by atoms with Crippen LogP contribution in [0.25, 0.3) is 0 Å². The smallest absolute Gasteiger partial charge is 0.346 e. The average Bonchev–Trinajstić information content (AvgIpc) is 3.06. The molecule has 154 valence electrons. The molecule has 2 aromatic carbocycles. The fraction of sp³-hybridized carbons (Fsp3) is 0.273. The molecule has 0 radical (unpaired) electrons. The minimum atomic E-state index is -0.441. The van der Waals surface area contributed by atoms with Crippen LogP contribution in [0.3, 0.4) is 0 Å². The molecule has 1 aromatic heterocycles. The summed E-state index contributed by atoms with van der Waals surface area (Å²) in [5, 5.41) is 6.92. The van der Waals surface area contributed by atoms with Gasteiger partial charge in [-0.3, -0.25) is 14.2 Å². The maximum atomic E-state index is 12.9. The van der Waals surface area contributed by atoms with Gasteiger partial charge in [0, 0.05) is 26.2 Å². The molecule has 0 saturated heterocycles. The van der Waals surface area contributed by atoms with Crippen LogP contribution in [0.5, 0.6) is 0 Å². The van der Waals surface area contributed by atoms with Gasteiger partial charge in [0.05, 0.1) is 0 Å². The summed E-state index contributed by atoms with van der Waals surface area (Å²) in [7, 11) is 0. The molecule has 0 spiro atoms. The number of amides is 2. The van der Waals surface area contributed by atoms with Crippen LogP contribution in [-0.4, -0.2) is 37.6 Å². The Morgan fingerprint density at radius 1 is 1.03 bits per heavy atom. The number of nitrogens with zero attached hydrogens (tertiary/aromatic N) is 4. The number of carbonyl (C=O) groups excluding carboxylic acids is 2. The van der Waals surface area contributed by atoms with Gasteiger partial charge in [0.2, 0.25) is 11.7 Å². The summed E-state index contributed by atoms with van der Waals surface area (Å²) in [6.45, 7) is 3.38. The van der Waals surface area contributed by atoms with Crippen molar-refractivity contribution in [3.63, 3.8) is 0 Å². The van der Waals surface area contributed by atoms with Gasteiger partial charge in [-0.25, -0.2) is 9.48 Å². The van der Waals surface area contributed by atoms with Crippen LogP contribution in [0.15, 0.2) is 59.4 Å². The Morgan fingerprint density at radius 2 is 1.80 bits per heavy atom. The fourth-order valence-electron chi connectivity index (χ4n) is 3.54. The monoisotopic (exact) mass is 405 g/mol. The van der Waals surface area contributed by atoms with Crippen molar-refractivity contribution in [3.05, 3.63) is 87.6 Å². The van der Waals surface area contributed by atoms with E-state index in [9.17, 15) is 14.4 Å². The number of hydrogen-bond acceptors (Lipinski definition) is 4. The predicted molar refractivity (Wildman–Crippen MR) is 111 cm³/mol. The highest BCUT2D eigenvalue weighted by molar-refractivity contribution is 5.91. The maximum Gasteiger partial charge on any atom is 0.346 e. The molecule has 8 heteroatoms. The standard InChI is InChI=1S/C22H23N5O3/c1-16-6-5-9-18(12-16)14-25-10-11-26-20(21(25)29)24-27(22(26)30)15-19(28)23-13-17-7-3-2-4-8-17/h2-9,12H,10-11,13-15H2,1H3,(H,23,28). The van der Waals surface area contributed by atoms with Gasteiger partial charge in [0.15, 0.2) is 0 Å². The number of aromatic nitrogens is 3. The first-order valence-corrected chi connectivity index (χ1v) is 9.84. The SMILES string of the molecule is Cc1cccc(CN2CCn3c(nn(CC(=O)NCc4ccccc4)c3=O)C2=O)c1. The van der Waals surface area contributed by atoms with Crippen LogP contribution in [0.1, 0.15) is 27.3 Å². The van der Waals surface area contributed by atoms with Gasteiger partial charge >= 0.3 is 5.69 Å². The third-order valence-corrected chi connectivity index (χ3v) is 5.08. The Hall–Kier alpha value is -3.68. The van der Waals surface area contributed by atoms with Crippen molar-refractivity contribution in [2.45, 2.75) is 33.1 Å². The summed E-state index contributed by atoms with van der Waals surface area (Å²) >= 11 is 0. The lowest BCUT2D eigenvalue weighted by atomic mass is 10.1. The lowest BCUT2D eigenvalue weighted by molar-refractivity contribution is -0.122. The third kappa shape index (κ3) is 4.17. The fourth-order valence-corrected chi connectivity index (χ4v) is 3.54. The van der Waals surface area contributed by atoms with Crippen LogP contribution in [0, 0.1) is 6.92 Å². The Balaban J connectivity index is 1.44. The van der Waals surface area contributed by atoms with Gasteiger partial charge in [-0.15, -0.1) is 5.10 Å². The molecule has 0 saturated carbocycles. The number of aryl methyl sites for hydroxylation is 1. The average molecular weight is 405 g/mol. The number of rotatable bonds is 6. The third-order valence-electron chi connectivity index (χ3n) is 5.08. The summed E-state index contributed by atoms with van der Waals surface area (Å²) in [6, 6.07) is 17.5. The lowest BCUT2D eigenvalue weighted by Crippen LogP contribution is -2.42. The summed E-state index contributed by atoms with van der Waals surface area (Å²) < 4.78 is 2.41. The number of benzene rings is 2. The number of hydrogen-bond donors (Lipinski definition) is 1. The minimum Gasteiger partial charge on any atom is -0.350 e. The second kappa shape index (κ2) is 8.36. The van der Waals surface area contributed by atoms with E-state index in [0.717, 1.165) is 21.4 Å². The molecule has 30 heavy (non-hydrogen) atoms. The van der Waals surface area contributed by atoms with E-state index in [2.05, 4.69) is 10.4 Å². The van der Waals surface area contributed by atoms with E-state index < -0.39 is 5.69 Å². The van der Waals surface area contributed by atoms with E-state index in [0.29, 0.717) is 26.2 Å². The first kappa shape index (κ1) is 19.6. The van der Waals surface area contributed by atoms with Crippen LogP contribution in [0.2, 0.25) is 0 Å². The largest absolute Gasteiger partial charge is 0.350 e. The van der Waals surface area contributed by atoms with E-state index in [4.69, 9.17) is 0 Å². The zero-order valence-corrected chi connectivity index (χ0v) is 16.7. The van der Waals surface area contributed by atoms with Gasteiger partial charge in [-0.1, -0.05) is 60.2 Å². The molecular weight excluding hydrogens is 382 g/mol. The maximum absolute atomic E-state index is 12.9. The second-order valence-corrected chi connectivity index (χ2v) is 7.39. The van der Waals surface area contributed by atoms with Gasteiger partial charge in [-0.05, 0) is 18.1 Å². The van der Waals surface area contributed by atoms with Crippen LogP contribution in [-0.2, 0) is 31.0 Å². The Kier molecular flexibility index (Phi) is 5.47. The van der Waals surface area contributed by atoms with Crippen molar-refractivity contribution >= 4 is 11.8 Å². The van der Waals surface area contributed by atoms with Crippen molar-refractivity contribution in [3.8, 4) is 0 Å². The summed E-state index contributed by atoms with van der Waals surface area (Å²) in [5.74, 6) is -0.557. The highest BCUT2D eigenvalue weighted by Crippen LogP contribution is 2.13. The van der Waals surface area contributed by atoms with E-state index in [-0.39, 0.29) is 24.2 Å². The molecule has 0 fully saturated rings. The van der Waals surface area contributed by atoms with Crippen molar-refractivity contribution in [1.29, 1.82) is 0 Å². The summed E-state index contributed by atoms with van der Waals surface area (Å²) in [4.78, 5) is 39.4. The van der Waals surface area contributed by atoms with Crippen molar-refractivity contribution in [2.24, 2.45) is 0 Å². The normalized spacial score (nSPS) is 13.2. The Labute approximate surface area is 173 Å². The molecule has 0 bridgehead atoms. The molecular formula is C22H23N5O3. The number of nitrogens with one attached hydrogen (secondary N) is 1. The molecule has 4 rings (SSSR count). The zero-order chi connectivity index (χ0) is 21.1. The summed E-state index contributed by atoms with van der Waals surface area (Å²) in [6.07, 6.45) is 0. The highest BCUT2D eigenvalue weighted by atomic mass is 16.2. The van der Waals surface area contributed by atoms with Crippen molar-refractivity contribution < 1.29 is 9.59 Å². The predicted octanol–water partition coefficient (Wildman–Crippen LogP) is 1.33. The van der Waals surface area contributed by atoms with Gasteiger partial charge in [0.1, 0.15) is 6.54 Å². The molecule has 8 nitrogen and oxygen atoms in total. The molecule has 1 aliphatic heterocycles. The van der Waals surface area contributed by atoms with Gasteiger partial charge in [0.25, 0.3) is 5.91 Å². The molecule has 0 atom stereocenters. The molecule has 1 aliphatic rings. The van der Waals surface area contributed by atoms with E-state index in [1.807, 2.05) is 61.5 Å². The molecule has 3 aromatic rings. The number of fused-ring (bicyclic) bond motifs is 1. The Bertz CT molecular complexity index is 1130. The van der Waals surface area contributed by atoms with E-state index >= 15 is 0 Å². The first-order chi connectivity index (χ1) is 14.5. The molecule has 0 unspecified atom stereocenters. The number of carbonyl (C=O) groups is 2. The quantitative estimate of drug-likeness (QED) is 0.670. The first-order valence-electron chi connectivity index (χ1n) is 9.84. The van der Waals surface area contributed by atoms with Crippen molar-refractivity contribution in [1.82, 2.24) is 24.6 Å². The molecule has 2 heterocycles. The van der Waals surface area contributed by atoms with E-state index in [1.54, 1.807) is 4.90 Å².